The van der Waals surface area contributed by atoms with E-state index in [-0.39, 0.29) is 18.4 Å². The summed E-state index contributed by atoms with van der Waals surface area (Å²) in [5.74, 6) is 0.501. The Kier molecular flexibility index (Phi) is 5.83. The first-order valence-electron chi connectivity index (χ1n) is 9.84. The van der Waals surface area contributed by atoms with Gasteiger partial charge in [-0.05, 0) is 43.6 Å². The van der Waals surface area contributed by atoms with Gasteiger partial charge in [0, 0.05) is 12.1 Å². The standard InChI is InChI=1S/C23H25N3O2/c27-22(15-20-17-28-23(24-20)19-11-5-2-6-12-19)25-21(16-26-13-7-8-14-26)18-9-3-1-4-10-18/h1-6,9-12,17,21H,7-8,13-16H2,(H,25,27). The number of hydrogen-bond donors (Lipinski definition) is 1. The molecule has 0 radical (unpaired) electrons. The summed E-state index contributed by atoms with van der Waals surface area (Å²) in [6.07, 6.45) is 4.24. The highest BCUT2D eigenvalue weighted by Gasteiger charge is 2.21. The van der Waals surface area contributed by atoms with Gasteiger partial charge in [0.25, 0.3) is 0 Å². The van der Waals surface area contributed by atoms with Crippen molar-refractivity contribution in [3.8, 4) is 11.5 Å². The Bertz CT molecular complexity index is 886. The largest absolute Gasteiger partial charge is 0.444 e. The molecule has 1 aliphatic rings. The number of carbonyl (C=O) groups excluding carboxylic acids is 1. The third-order valence-corrected chi connectivity index (χ3v) is 5.09. The van der Waals surface area contributed by atoms with E-state index in [4.69, 9.17) is 4.42 Å². The first-order chi connectivity index (χ1) is 13.8. The highest BCUT2D eigenvalue weighted by atomic mass is 16.3. The monoisotopic (exact) mass is 375 g/mol. The molecule has 3 aromatic rings. The summed E-state index contributed by atoms with van der Waals surface area (Å²) in [4.78, 5) is 19.6. The number of benzene rings is 2. The number of likely N-dealkylation sites (tertiary alicyclic amines) is 1. The molecule has 2 aromatic carbocycles. The second-order valence-electron chi connectivity index (χ2n) is 7.23. The van der Waals surface area contributed by atoms with Gasteiger partial charge in [0.15, 0.2) is 0 Å². The smallest absolute Gasteiger partial charge is 0.226 e. The zero-order chi connectivity index (χ0) is 19.2. The van der Waals surface area contributed by atoms with Gasteiger partial charge in [-0.1, -0.05) is 48.5 Å². The molecule has 1 saturated heterocycles. The topological polar surface area (TPSA) is 58.4 Å². The molecule has 1 atom stereocenters. The second-order valence-corrected chi connectivity index (χ2v) is 7.23. The van der Waals surface area contributed by atoms with E-state index in [1.807, 2.05) is 48.5 Å². The Hall–Kier alpha value is -2.92. The summed E-state index contributed by atoms with van der Waals surface area (Å²) in [5.41, 5.74) is 2.68. The van der Waals surface area contributed by atoms with Crippen LogP contribution in [0.1, 0.15) is 30.1 Å². The van der Waals surface area contributed by atoms with Crippen molar-refractivity contribution >= 4 is 5.91 Å². The van der Waals surface area contributed by atoms with Gasteiger partial charge in [-0.2, -0.15) is 0 Å². The summed E-state index contributed by atoms with van der Waals surface area (Å²) in [6, 6.07) is 19.9. The summed E-state index contributed by atoms with van der Waals surface area (Å²) in [5, 5.41) is 3.20. The number of nitrogens with one attached hydrogen (secondary N) is 1. The maximum absolute atomic E-state index is 12.7. The van der Waals surface area contributed by atoms with E-state index < -0.39 is 0 Å². The van der Waals surface area contributed by atoms with E-state index in [9.17, 15) is 4.79 Å². The third-order valence-electron chi connectivity index (χ3n) is 5.09. The first kappa shape index (κ1) is 18.4. The molecule has 1 amide bonds. The molecular weight excluding hydrogens is 350 g/mol. The quantitative estimate of drug-likeness (QED) is 0.682. The molecule has 144 valence electrons. The maximum Gasteiger partial charge on any atom is 0.226 e. The minimum atomic E-state index is -0.0408. The van der Waals surface area contributed by atoms with Crippen molar-refractivity contribution in [2.24, 2.45) is 0 Å². The fourth-order valence-electron chi connectivity index (χ4n) is 3.65. The molecule has 4 rings (SSSR count). The Morgan fingerprint density at radius 3 is 2.43 bits per heavy atom. The lowest BCUT2D eigenvalue weighted by Crippen LogP contribution is -2.37. The summed E-state index contributed by atoms with van der Waals surface area (Å²) < 4.78 is 5.55. The highest BCUT2D eigenvalue weighted by Crippen LogP contribution is 2.20. The normalized spacial score (nSPS) is 15.4. The molecule has 0 bridgehead atoms. The van der Waals surface area contributed by atoms with Crippen LogP contribution in [0.25, 0.3) is 11.5 Å². The fraction of sp³-hybridized carbons (Fsp3) is 0.304. The number of rotatable bonds is 7. The molecule has 0 aliphatic carbocycles. The SMILES string of the molecule is O=C(Cc1coc(-c2ccccc2)n1)NC(CN1CCCC1)c1ccccc1. The first-order valence-corrected chi connectivity index (χ1v) is 9.84. The number of oxazole rings is 1. The predicted molar refractivity (Wildman–Crippen MR) is 109 cm³/mol. The van der Waals surface area contributed by atoms with Gasteiger partial charge >= 0.3 is 0 Å². The van der Waals surface area contributed by atoms with Gasteiger partial charge in [-0.15, -0.1) is 0 Å². The molecular formula is C23H25N3O2. The Balaban J connectivity index is 1.42. The molecule has 5 nitrogen and oxygen atoms in total. The second kappa shape index (κ2) is 8.85. The molecule has 2 heterocycles. The van der Waals surface area contributed by atoms with Crippen LogP contribution in [-0.4, -0.2) is 35.4 Å². The van der Waals surface area contributed by atoms with Crippen LogP contribution in [0.5, 0.6) is 0 Å². The van der Waals surface area contributed by atoms with E-state index in [1.165, 1.54) is 12.8 Å². The highest BCUT2D eigenvalue weighted by molar-refractivity contribution is 5.78. The van der Waals surface area contributed by atoms with E-state index in [2.05, 4.69) is 27.3 Å². The predicted octanol–water partition coefficient (Wildman–Crippen LogP) is 3.84. The van der Waals surface area contributed by atoms with Crippen molar-refractivity contribution < 1.29 is 9.21 Å². The van der Waals surface area contributed by atoms with E-state index in [1.54, 1.807) is 6.26 Å². The lowest BCUT2D eigenvalue weighted by Gasteiger charge is -2.25. The summed E-state index contributed by atoms with van der Waals surface area (Å²) in [7, 11) is 0. The van der Waals surface area contributed by atoms with E-state index >= 15 is 0 Å². The molecule has 1 aliphatic heterocycles. The summed E-state index contributed by atoms with van der Waals surface area (Å²) >= 11 is 0. The van der Waals surface area contributed by atoms with Crippen molar-refractivity contribution in [1.29, 1.82) is 0 Å². The van der Waals surface area contributed by atoms with Crippen molar-refractivity contribution in [2.75, 3.05) is 19.6 Å². The van der Waals surface area contributed by atoms with Crippen molar-refractivity contribution in [3.63, 3.8) is 0 Å². The van der Waals surface area contributed by atoms with Gasteiger partial charge in [0.2, 0.25) is 11.8 Å². The Labute approximate surface area is 165 Å². The average molecular weight is 375 g/mol. The maximum atomic E-state index is 12.7. The van der Waals surface area contributed by atoms with E-state index in [0.717, 1.165) is 30.8 Å². The number of nitrogens with zero attached hydrogens (tertiary/aromatic N) is 2. The number of carbonyl (C=O) groups is 1. The zero-order valence-electron chi connectivity index (χ0n) is 15.9. The van der Waals surface area contributed by atoms with Crippen molar-refractivity contribution in [3.05, 3.63) is 78.2 Å². The molecule has 1 fully saturated rings. The molecule has 1 aromatic heterocycles. The van der Waals surface area contributed by atoms with Crippen LogP contribution < -0.4 is 5.32 Å². The van der Waals surface area contributed by atoms with E-state index in [0.29, 0.717) is 11.6 Å². The van der Waals surface area contributed by atoms with Crippen LogP contribution in [0.3, 0.4) is 0 Å². The van der Waals surface area contributed by atoms with Gasteiger partial charge in [-0.3, -0.25) is 4.79 Å². The molecule has 0 saturated carbocycles. The third kappa shape index (κ3) is 4.67. The molecule has 1 unspecified atom stereocenters. The lowest BCUT2D eigenvalue weighted by atomic mass is 10.1. The van der Waals surface area contributed by atoms with Crippen LogP contribution in [0, 0.1) is 0 Å². The lowest BCUT2D eigenvalue weighted by molar-refractivity contribution is -0.121. The average Bonchev–Trinajstić information content (AvgIpc) is 3.41. The fourth-order valence-corrected chi connectivity index (χ4v) is 3.65. The number of hydrogen-bond acceptors (Lipinski definition) is 4. The van der Waals surface area contributed by atoms with Crippen molar-refractivity contribution in [2.45, 2.75) is 25.3 Å². The van der Waals surface area contributed by atoms with Crippen LogP contribution >= 0.6 is 0 Å². The molecule has 0 spiro atoms. The van der Waals surface area contributed by atoms with Crippen molar-refractivity contribution in [1.82, 2.24) is 15.2 Å². The molecule has 1 N–H and O–H groups in total. The summed E-state index contributed by atoms with van der Waals surface area (Å²) in [6.45, 7) is 3.04. The van der Waals surface area contributed by atoms with Crippen LogP contribution in [0.2, 0.25) is 0 Å². The Morgan fingerprint density at radius 2 is 1.71 bits per heavy atom. The molecule has 28 heavy (non-hydrogen) atoms. The van der Waals surface area contributed by atoms with Crippen LogP contribution in [-0.2, 0) is 11.2 Å². The minimum absolute atomic E-state index is 0.0210. The van der Waals surface area contributed by atoms with Gasteiger partial charge in [0.05, 0.1) is 18.2 Å². The zero-order valence-corrected chi connectivity index (χ0v) is 15.9. The Morgan fingerprint density at radius 1 is 1.04 bits per heavy atom. The number of amides is 1. The molecule has 5 heteroatoms. The number of aromatic nitrogens is 1. The van der Waals surface area contributed by atoms with Gasteiger partial charge < -0.3 is 14.6 Å². The minimum Gasteiger partial charge on any atom is -0.444 e. The van der Waals surface area contributed by atoms with Gasteiger partial charge in [-0.25, -0.2) is 4.98 Å². The van der Waals surface area contributed by atoms with Gasteiger partial charge in [0.1, 0.15) is 6.26 Å². The van der Waals surface area contributed by atoms with Crippen LogP contribution in [0.4, 0.5) is 0 Å². The van der Waals surface area contributed by atoms with Crippen LogP contribution in [0.15, 0.2) is 71.3 Å².